The van der Waals surface area contributed by atoms with Crippen molar-refractivity contribution in [3.05, 3.63) is 71.9 Å². The van der Waals surface area contributed by atoms with Crippen molar-refractivity contribution in [3.8, 4) is 11.4 Å². The van der Waals surface area contributed by atoms with Crippen molar-refractivity contribution in [3.63, 3.8) is 0 Å². The normalized spacial score (nSPS) is 21.2. The number of benzene rings is 1. The molecule has 0 amide bonds. The van der Waals surface area contributed by atoms with Gasteiger partial charge in [-0.2, -0.15) is 0 Å². The molecule has 6 nitrogen and oxygen atoms in total. The van der Waals surface area contributed by atoms with Crippen molar-refractivity contribution in [1.29, 1.82) is 0 Å². The van der Waals surface area contributed by atoms with Gasteiger partial charge in [-0.3, -0.25) is 4.79 Å². The van der Waals surface area contributed by atoms with Crippen molar-refractivity contribution in [1.82, 2.24) is 20.3 Å². The summed E-state index contributed by atoms with van der Waals surface area (Å²) in [5.74, 6) is 0.414. The van der Waals surface area contributed by atoms with E-state index in [4.69, 9.17) is 0 Å². The predicted octanol–water partition coefficient (Wildman–Crippen LogP) is 4.42. The highest BCUT2D eigenvalue weighted by atomic mass is 19.3. The van der Waals surface area contributed by atoms with Gasteiger partial charge in [0.05, 0.1) is 5.56 Å². The second kappa shape index (κ2) is 9.86. The van der Waals surface area contributed by atoms with Gasteiger partial charge in [0.2, 0.25) is 0 Å². The van der Waals surface area contributed by atoms with E-state index in [0.717, 1.165) is 6.42 Å². The van der Waals surface area contributed by atoms with Crippen LogP contribution in [0.3, 0.4) is 0 Å². The Morgan fingerprint density at radius 3 is 2.47 bits per heavy atom. The van der Waals surface area contributed by atoms with Gasteiger partial charge in [0, 0.05) is 47.8 Å². The fourth-order valence-corrected chi connectivity index (χ4v) is 4.10. The molecule has 166 valence electrons. The van der Waals surface area contributed by atoms with Gasteiger partial charge in [0.1, 0.15) is 11.6 Å². The predicted molar refractivity (Wildman–Crippen MR) is 114 cm³/mol. The van der Waals surface area contributed by atoms with Gasteiger partial charge in [-0.05, 0) is 43.5 Å². The number of halogens is 3. The zero-order valence-corrected chi connectivity index (χ0v) is 17.1. The van der Waals surface area contributed by atoms with Crippen molar-refractivity contribution in [2.24, 2.45) is 0 Å². The van der Waals surface area contributed by atoms with E-state index in [1.54, 1.807) is 12.1 Å². The van der Waals surface area contributed by atoms with E-state index < -0.39 is 12.2 Å². The lowest BCUT2D eigenvalue weighted by atomic mass is 9.95. The number of carbonyl (C=O) groups excluding carboxylic acids is 1. The van der Waals surface area contributed by atoms with Crippen molar-refractivity contribution >= 4 is 12.1 Å². The molecule has 3 aromatic rings. The molecule has 0 spiro atoms. The first-order valence-corrected chi connectivity index (χ1v) is 10.3. The topological polar surface area (TPSA) is 79.8 Å². The molecular formula is C23H22F3N5O. The van der Waals surface area contributed by atoms with Crippen molar-refractivity contribution < 1.29 is 18.0 Å². The third-order valence-corrected chi connectivity index (χ3v) is 5.63. The standard InChI is InChI=1S/C12H15F2N3.C11H7FN2O/c13-12(14)7-1-4-11(15-6-7)17-10-5-8-2-3-9(10)16-8;12-9-4-1-3-8(7-15)10(9)11-13-5-2-6-14-11/h1,4,6,8-10,12,16H,2-3,5H2,(H,15,17);1-7H/t8-,9+,10-;/m1./s1. The van der Waals surface area contributed by atoms with Crippen LogP contribution in [0.25, 0.3) is 11.4 Å². The van der Waals surface area contributed by atoms with Crippen LogP contribution in [0.4, 0.5) is 19.0 Å². The molecular weight excluding hydrogens is 419 g/mol. The number of pyridine rings is 1. The fraction of sp³-hybridized carbons (Fsp3) is 0.304. The largest absolute Gasteiger partial charge is 0.366 e. The van der Waals surface area contributed by atoms with Crippen LogP contribution in [0, 0.1) is 5.82 Å². The number of aldehydes is 1. The first kappa shape index (κ1) is 21.9. The monoisotopic (exact) mass is 441 g/mol. The van der Waals surface area contributed by atoms with Crippen LogP contribution in [-0.4, -0.2) is 39.4 Å². The second-order valence-corrected chi connectivity index (χ2v) is 7.71. The SMILES string of the molecule is FC(F)c1ccc(N[C@@H]2C[C@H]3CC[C@@H]2N3)nc1.O=Cc1cccc(F)c1-c1ncccn1. The summed E-state index contributed by atoms with van der Waals surface area (Å²) in [5, 5.41) is 6.84. The molecule has 2 bridgehead atoms. The van der Waals surface area contributed by atoms with E-state index in [0.29, 0.717) is 30.2 Å². The number of anilines is 1. The zero-order chi connectivity index (χ0) is 22.5. The van der Waals surface area contributed by atoms with Crippen LogP contribution in [0.15, 0.2) is 55.0 Å². The summed E-state index contributed by atoms with van der Waals surface area (Å²) in [6.07, 6.45) is 5.94. The van der Waals surface area contributed by atoms with E-state index in [-0.39, 0.29) is 22.5 Å². The molecule has 2 aliphatic rings. The summed E-state index contributed by atoms with van der Waals surface area (Å²) in [7, 11) is 0. The number of aromatic nitrogens is 3. The number of nitrogens with zero attached hydrogens (tertiary/aromatic N) is 3. The molecule has 0 unspecified atom stereocenters. The minimum atomic E-state index is -2.44. The highest BCUT2D eigenvalue weighted by molar-refractivity contribution is 5.85. The Morgan fingerprint density at radius 2 is 1.88 bits per heavy atom. The molecule has 32 heavy (non-hydrogen) atoms. The summed E-state index contributed by atoms with van der Waals surface area (Å²) in [6.45, 7) is 0. The van der Waals surface area contributed by atoms with Crippen LogP contribution >= 0.6 is 0 Å². The number of hydrogen-bond donors (Lipinski definition) is 2. The van der Waals surface area contributed by atoms with E-state index >= 15 is 0 Å². The molecule has 0 aliphatic carbocycles. The Bertz CT molecular complexity index is 1050. The van der Waals surface area contributed by atoms with Gasteiger partial charge in [-0.25, -0.2) is 28.1 Å². The Morgan fingerprint density at radius 1 is 1.06 bits per heavy atom. The lowest BCUT2D eigenvalue weighted by Gasteiger charge is -2.22. The number of carbonyl (C=O) groups is 1. The number of alkyl halides is 2. The quantitative estimate of drug-likeness (QED) is 0.571. The third kappa shape index (κ3) is 4.94. The van der Waals surface area contributed by atoms with Gasteiger partial charge in [-0.15, -0.1) is 0 Å². The molecule has 4 heterocycles. The zero-order valence-electron chi connectivity index (χ0n) is 17.1. The van der Waals surface area contributed by atoms with E-state index in [2.05, 4.69) is 25.6 Å². The summed E-state index contributed by atoms with van der Waals surface area (Å²) in [5.41, 5.74) is 0.371. The Labute approximate surface area is 183 Å². The molecule has 9 heteroatoms. The molecule has 2 fully saturated rings. The van der Waals surface area contributed by atoms with Gasteiger partial charge < -0.3 is 10.6 Å². The molecule has 2 N–H and O–H groups in total. The average molecular weight is 441 g/mol. The number of nitrogens with one attached hydrogen (secondary N) is 2. The fourth-order valence-electron chi connectivity index (χ4n) is 4.10. The van der Waals surface area contributed by atoms with E-state index in [1.807, 2.05) is 0 Å². The van der Waals surface area contributed by atoms with Gasteiger partial charge in [0.25, 0.3) is 6.43 Å². The minimum absolute atomic E-state index is 0.0263. The molecule has 2 aliphatic heterocycles. The maximum Gasteiger partial charge on any atom is 0.265 e. The molecule has 5 rings (SSSR count). The summed E-state index contributed by atoms with van der Waals surface area (Å²) < 4.78 is 38.2. The number of rotatable bonds is 5. The Hall–Kier alpha value is -3.33. The highest BCUT2D eigenvalue weighted by Gasteiger charge is 2.38. The van der Waals surface area contributed by atoms with Gasteiger partial charge in [-0.1, -0.05) is 12.1 Å². The highest BCUT2D eigenvalue weighted by Crippen LogP contribution is 2.30. The van der Waals surface area contributed by atoms with Gasteiger partial charge in [0.15, 0.2) is 12.1 Å². The van der Waals surface area contributed by atoms with E-state index in [1.165, 1.54) is 55.7 Å². The van der Waals surface area contributed by atoms with Crippen LogP contribution in [0.5, 0.6) is 0 Å². The second-order valence-electron chi connectivity index (χ2n) is 7.71. The summed E-state index contributed by atoms with van der Waals surface area (Å²) >= 11 is 0. The maximum absolute atomic E-state index is 13.5. The van der Waals surface area contributed by atoms with Crippen LogP contribution in [0.1, 0.15) is 41.6 Å². The summed E-state index contributed by atoms with van der Waals surface area (Å²) in [6, 6.07) is 10.5. The Balaban J connectivity index is 0.000000155. The molecule has 1 aromatic carbocycles. The molecule has 0 saturated carbocycles. The number of hydrogen-bond acceptors (Lipinski definition) is 6. The molecule has 3 atom stereocenters. The smallest absolute Gasteiger partial charge is 0.265 e. The van der Waals surface area contributed by atoms with Crippen molar-refractivity contribution in [2.45, 2.75) is 43.8 Å². The van der Waals surface area contributed by atoms with Gasteiger partial charge >= 0.3 is 0 Å². The average Bonchev–Trinajstić information content (AvgIpc) is 3.43. The lowest BCUT2D eigenvalue weighted by molar-refractivity contribution is 0.112. The first-order chi connectivity index (χ1) is 15.5. The van der Waals surface area contributed by atoms with Crippen LogP contribution < -0.4 is 10.6 Å². The molecule has 2 aromatic heterocycles. The van der Waals surface area contributed by atoms with Crippen LogP contribution in [0.2, 0.25) is 0 Å². The minimum Gasteiger partial charge on any atom is -0.366 e. The summed E-state index contributed by atoms with van der Waals surface area (Å²) in [4.78, 5) is 22.6. The molecule has 0 radical (unpaired) electrons. The van der Waals surface area contributed by atoms with E-state index in [9.17, 15) is 18.0 Å². The van der Waals surface area contributed by atoms with Crippen LogP contribution in [-0.2, 0) is 0 Å². The van der Waals surface area contributed by atoms with Crippen molar-refractivity contribution in [2.75, 3.05) is 5.32 Å². The Kier molecular flexibility index (Phi) is 6.75. The lowest BCUT2D eigenvalue weighted by Crippen LogP contribution is -2.33. The third-order valence-electron chi connectivity index (χ3n) is 5.63. The first-order valence-electron chi connectivity index (χ1n) is 10.3. The molecule has 2 saturated heterocycles. The maximum atomic E-state index is 13.5. The number of fused-ring (bicyclic) bond motifs is 2.